The van der Waals surface area contributed by atoms with Crippen molar-refractivity contribution in [3.63, 3.8) is 0 Å². The highest BCUT2D eigenvalue weighted by Gasteiger charge is 2.08. The van der Waals surface area contributed by atoms with Crippen LogP contribution in [0, 0.1) is 13.8 Å². The van der Waals surface area contributed by atoms with Gasteiger partial charge in [-0.25, -0.2) is 4.79 Å². The van der Waals surface area contributed by atoms with Gasteiger partial charge in [-0.15, -0.1) is 0 Å². The number of nitrogens with zero attached hydrogens (tertiary/aromatic N) is 1. The minimum absolute atomic E-state index is 0.00282. The molecule has 0 atom stereocenters. The quantitative estimate of drug-likeness (QED) is 0.652. The summed E-state index contributed by atoms with van der Waals surface area (Å²) in [6.07, 6.45) is 1.05. The average molecular weight is 329 g/mol. The van der Waals surface area contributed by atoms with E-state index in [1.54, 1.807) is 7.05 Å². The number of carbonyl (C=O) groups excluding carboxylic acids is 2. The van der Waals surface area contributed by atoms with E-state index in [-0.39, 0.29) is 11.9 Å². The van der Waals surface area contributed by atoms with E-state index in [1.807, 2.05) is 38.1 Å². The molecular weight excluding hydrogens is 306 g/mol. The third-order valence-electron chi connectivity index (χ3n) is 3.81. The molecule has 0 aliphatic carbocycles. The van der Waals surface area contributed by atoms with Crippen molar-refractivity contribution in [2.75, 3.05) is 12.4 Å². The van der Waals surface area contributed by atoms with Gasteiger partial charge >= 0.3 is 6.03 Å². The summed E-state index contributed by atoms with van der Waals surface area (Å²) >= 11 is 0. The number of amides is 3. The molecule has 7 heteroatoms. The van der Waals surface area contributed by atoms with Crippen LogP contribution in [-0.4, -0.2) is 29.2 Å². The zero-order valence-corrected chi connectivity index (χ0v) is 14.2. The molecule has 0 spiro atoms. The number of nitrogens with one attached hydrogen (secondary N) is 4. The Bertz CT molecular complexity index is 704. The van der Waals surface area contributed by atoms with Gasteiger partial charge < -0.3 is 16.0 Å². The SMILES string of the molecule is CNC(=O)CCc1cccc(NC(=O)NCc2c(C)n[nH]c2C)c1. The van der Waals surface area contributed by atoms with E-state index in [9.17, 15) is 9.59 Å². The van der Waals surface area contributed by atoms with Crippen LogP contribution in [0.2, 0.25) is 0 Å². The average Bonchev–Trinajstić information content (AvgIpc) is 2.89. The van der Waals surface area contributed by atoms with Gasteiger partial charge in [0.05, 0.1) is 5.69 Å². The molecule has 2 rings (SSSR count). The first-order valence-corrected chi connectivity index (χ1v) is 7.84. The van der Waals surface area contributed by atoms with Gasteiger partial charge in [0.2, 0.25) is 5.91 Å². The number of anilines is 1. The number of rotatable bonds is 6. The fourth-order valence-electron chi connectivity index (χ4n) is 2.37. The number of carbonyl (C=O) groups is 2. The largest absolute Gasteiger partial charge is 0.359 e. The highest BCUT2D eigenvalue weighted by atomic mass is 16.2. The van der Waals surface area contributed by atoms with Crippen molar-refractivity contribution >= 4 is 17.6 Å². The van der Waals surface area contributed by atoms with Crippen molar-refractivity contribution in [2.45, 2.75) is 33.2 Å². The van der Waals surface area contributed by atoms with Crippen LogP contribution in [-0.2, 0) is 17.8 Å². The maximum Gasteiger partial charge on any atom is 0.319 e. The van der Waals surface area contributed by atoms with Gasteiger partial charge in [0.1, 0.15) is 0 Å². The second kappa shape index (κ2) is 8.14. The predicted molar refractivity (Wildman–Crippen MR) is 92.7 cm³/mol. The molecule has 0 bridgehead atoms. The minimum Gasteiger partial charge on any atom is -0.359 e. The Morgan fingerprint density at radius 1 is 1.25 bits per heavy atom. The lowest BCUT2D eigenvalue weighted by Crippen LogP contribution is -2.28. The number of aromatic amines is 1. The van der Waals surface area contributed by atoms with E-state index < -0.39 is 0 Å². The lowest BCUT2D eigenvalue weighted by molar-refractivity contribution is -0.120. The van der Waals surface area contributed by atoms with Crippen molar-refractivity contribution in [1.82, 2.24) is 20.8 Å². The van der Waals surface area contributed by atoms with E-state index >= 15 is 0 Å². The van der Waals surface area contributed by atoms with Crippen LogP contribution < -0.4 is 16.0 Å². The summed E-state index contributed by atoms with van der Waals surface area (Å²) in [6.45, 7) is 4.23. The number of aromatic nitrogens is 2. The molecule has 2 aromatic rings. The fraction of sp³-hybridized carbons (Fsp3) is 0.353. The van der Waals surface area contributed by atoms with E-state index in [0.717, 1.165) is 22.5 Å². The Hall–Kier alpha value is -2.83. The summed E-state index contributed by atoms with van der Waals surface area (Å²) in [7, 11) is 1.62. The Labute approximate surface area is 141 Å². The van der Waals surface area contributed by atoms with Crippen molar-refractivity contribution in [1.29, 1.82) is 0 Å². The fourth-order valence-corrected chi connectivity index (χ4v) is 2.37. The summed E-state index contributed by atoms with van der Waals surface area (Å²) in [6, 6.07) is 7.20. The molecule has 24 heavy (non-hydrogen) atoms. The summed E-state index contributed by atoms with van der Waals surface area (Å²) in [5.41, 5.74) is 4.51. The second-order valence-corrected chi connectivity index (χ2v) is 5.59. The highest BCUT2D eigenvalue weighted by molar-refractivity contribution is 5.89. The normalized spacial score (nSPS) is 10.3. The van der Waals surface area contributed by atoms with Crippen LogP contribution in [0.15, 0.2) is 24.3 Å². The first kappa shape index (κ1) is 17.5. The molecular formula is C17H23N5O2. The van der Waals surface area contributed by atoms with Crippen LogP contribution in [0.1, 0.15) is 28.9 Å². The molecule has 128 valence electrons. The summed E-state index contributed by atoms with van der Waals surface area (Å²) in [5, 5.41) is 15.2. The van der Waals surface area contributed by atoms with Gasteiger partial charge in [-0.2, -0.15) is 5.10 Å². The zero-order chi connectivity index (χ0) is 17.5. The standard InChI is InChI=1S/C17H23N5O2/c1-11-15(12(2)22-21-11)10-19-17(24)20-14-6-4-5-13(9-14)7-8-16(23)18-3/h4-6,9H,7-8,10H2,1-3H3,(H,18,23)(H,21,22)(H2,19,20,24). The van der Waals surface area contributed by atoms with Gasteiger partial charge in [0, 0.05) is 37.0 Å². The van der Waals surface area contributed by atoms with E-state index in [4.69, 9.17) is 0 Å². The Morgan fingerprint density at radius 2 is 2.04 bits per heavy atom. The number of benzene rings is 1. The topological polar surface area (TPSA) is 98.9 Å². The Morgan fingerprint density at radius 3 is 2.71 bits per heavy atom. The molecule has 4 N–H and O–H groups in total. The number of hydrogen-bond acceptors (Lipinski definition) is 3. The molecule has 0 saturated carbocycles. The molecule has 3 amide bonds. The van der Waals surface area contributed by atoms with Gasteiger partial charge in [-0.1, -0.05) is 12.1 Å². The van der Waals surface area contributed by atoms with Crippen LogP contribution in [0.4, 0.5) is 10.5 Å². The maximum absolute atomic E-state index is 12.0. The van der Waals surface area contributed by atoms with Crippen molar-refractivity contribution in [3.8, 4) is 0 Å². The molecule has 1 aromatic carbocycles. The first-order valence-electron chi connectivity index (χ1n) is 7.84. The Balaban J connectivity index is 1.88. The van der Waals surface area contributed by atoms with E-state index in [2.05, 4.69) is 26.1 Å². The minimum atomic E-state index is -0.279. The van der Waals surface area contributed by atoms with Crippen molar-refractivity contribution in [2.24, 2.45) is 0 Å². The van der Waals surface area contributed by atoms with Gasteiger partial charge in [0.15, 0.2) is 0 Å². The van der Waals surface area contributed by atoms with Crippen LogP contribution in [0.25, 0.3) is 0 Å². The number of urea groups is 1. The summed E-state index contributed by atoms with van der Waals surface area (Å²) in [4.78, 5) is 23.3. The van der Waals surface area contributed by atoms with Gasteiger partial charge in [-0.3, -0.25) is 9.89 Å². The molecule has 0 radical (unpaired) electrons. The number of aryl methyl sites for hydroxylation is 3. The predicted octanol–water partition coefficient (Wildman–Crippen LogP) is 2.03. The smallest absolute Gasteiger partial charge is 0.319 e. The molecule has 0 aliphatic heterocycles. The molecule has 1 heterocycles. The molecule has 0 unspecified atom stereocenters. The van der Waals surface area contributed by atoms with Crippen LogP contribution in [0.5, 0.6) is 0 Å². The number of H-pyrrole nitrogens is 1. The Kier molecular flexibility index (Phi) is 5.95. The third kappa shape index (κ3) is 4.84. The number of hydrogen-bond donors (Lipinski definition) is 4. The zero-order valence-electron chi connectivity index (χ0n) is 14.2. The maximum atomic E-state index is 12.0. The monoisotopic (exact) mass is 329 g/mol. The summed E-state index contributed by atoms with van der Waals surface area (Å²) < 4.78 is 0. The molecule has 0 fully saturated rings. The third-order valence-corrected chi connectivity index (χ3v) is 3.81. The van der Waals surface area contributed by atoms with Crippen LogP contribution >= 0.6 is 0 Å². The van der Waals surface area contributed by atoms with Gasteiger partial charge in [0.25, 0.3) is 0 Å². The molecule has 0 aliphatic rings. The molecule has 0 saturated heterocycles. The van der Waals surface area contributed by atoms with Crippen LogP contribution in [0.3, 0.4) is 0 Å². The summed E-state index contributed by atoms with van der Waals surface area (Å²) in [5.74, 6) is -0.00282. The molecule has 7 nitrogen and oxygen atoms in total. The first-order chi connectivity index (χ1) is 11.5. The highest BCUT2D eigenvalue weighted by Crippen LogP contribution is 2.13. The van der Waals surface area contributed by atoms with E-state index in [1.165, 1.54) is 0 Å². The lowest BCUT2D eigenvalue weighted by atomic mass is 10.1. The van der Waals surface area contributed by atoms with Crippen molar-refractivity contribution in [3.05, 3.63) is 46.8 Å². The molecule has 1 aromatic heterocycles. The van der Waals surface area contributed by atoms with Gasteiger partial charge in [-0.05, 0) is 38.0 Å². The second-order valence-electron chi connectivity index (χ2n) is 5.59. The van der Waals surface area contributed by atoms with Crippen molar-refractivity contribution < 1.29 is 9.59 Å². The van der Waals surface area contributed by atoms with E-state index in [0.29, 0.717) is 25.1 Å². The lowest BCUT2D eigenvalue weighted by Gasteiger charge is -2.09.